The Hall–Kier alpha value is 0.524. The minimum absolute atomic E-state index is 0.116. The zero-order valence-corrected chi connectivity index (χ0v) is 31.9. The van der Waals surface area contributed by atoms with Gasteiger partial charge in [0.2, 0.25) is 0 Å². The third-order valence-electron chi connectivity index (χ3n) is 7.33. The molecule has 0 unspecified atom stereocenters. The number of aldehydes is 1. The smallest absolute Gasteiger partial charge is 0.192 e. The lowest BCUT2D eigenvalue weighted by atomic mass is 9.97. The van der Waals surface area contributed by atoms with Crippen molar-refractivity contribution in [3.63, 3.8) is 0 Å². The fraction of sp³-hybridized carbons (Fsp3) is 0.966. The largest absolute Gasteiger partial charge is 0.416 e. The zero-order valence-electron chi connectivity index (χ0n) is 28.4. The minimum atomic E-state index is -1.69. The van der Waals surface area contributed by atoms with Crippen molar-refractivity contribution < 1.29 is 18.8 Å². The summed E-state index contributed by atoms with van der Waals surface area (Å²) >= 11 is 9.53. The van der Waals surface area contributed by atoms with Gasteiger partial charge in [-0.1, -0.05) is 90.0 Å². The Labute approximate surface area is 251 Å². The predicted octanol–water partition coefficient (Wildman–Crippen LogP) is 9.03. The van der Waals surface area contributed by atoms with Crippen LogP contribution < -0.4 is 0 Å². The summed E-state index contributed by atoms with van der Waals surface area (Å²) in [6.07, 6.45) is 0.972. The van der Waals surface area contributed by atoms with Crippen LogP contribution in [0.25, 0.3) is 0 Å². The summed E-state index contributed by atoms with van der Waals surface area (Å²) in [5, 5.41) is 9.79. The molecule has 0 aliphatic heterocycles. The third-order valence-corrected chi connectivity index (χ3v) is 16.3. The van der Waals surface area contributed by atoms with Gasteiger partial charge in [-0.15, -0.1) is 23.2 Å². The second kappa shape index (κ2) is 20.4. The van der Waals surface area contributed by atoms with E-state index in [0.717, 1.165) is 6.29 Å². The second-order valence-electron chi connectivity index (χ2n) is 14.2. The van der Waals surface area contributed by atoms with E-state index in [-0.39, 0.29) is 32.9 Å². The number of nitrogens with zero attached hydrogens (tertiary/aromatic N) is 1. The molecule has 0 aliphatic carbocycles. The van der Waals surface area contributed by atoms with Crippen molar-refractivity contribution >= 4 is 46.1 Å². The first-order chi connectivity index (χ1) is 16.8. The van der Waals surface area contributed by atoms with Gasteiger partial charge >= 0.3 is 0 Å². The van der Waals surface area contributed by atoms with Crippen LogP contribution in [0.15, 0.2) is 0 Å². The highest BCUT2D eigenvalue weighted by Gasteiger charge is 2.39. The summed E-state index contributed by atoms with van der Waals surface area (Å²) in [6, 6.07) is 0. The van der Waals surface area contributed by atoms with Crippen molar-refractivity contribution in [3.05, 3.63) is 0 Å². The second-order valence-corrected chi connectivity index (χ2v) is 24.7. The Morgan fingerprint density at radius 1 is 0.711 bits per heavy atom. The molecule has 0 atom stereocenters. The van der Waals surface area contributed by atoms with Gasteiger partial charge in [0, 0.05) is 24.0 Å². The Bertz CT molecular complexity index is 579. The molecule has 0 rings (SSSR count). The number of halogens is 2. The van der Waals surface area contributed by atoms with E-state index in [0.29, 0.717) is 13.2 Å². The Morgan fingerprint density at radius 3 is 1.18 bits per heavy atom. The van der Waals surface area contributed by atoms with E-state index in [1.54, 1.807) is 0 Å². The lowest BCUT2D eigenvalue weighted by Crippen LogP contribution is -2.43. The van der Waals surface area contributed by atoms with Crippen molar-refractivity contribution in [1.82, 2.24) is 4.90 Å². The number of aliphatic hydroxyl groups is 1. The van der Waals surface area contributed by atoms with Crippen molar-refractivity contribution in [2.45, 2.75) is 126 Å². The molecule has 0 heterocycles. The maximum Gasteiger partial charge on any atom is 0.192 e. The molecule has 0 saturated heterocycles. The molecule has 0 aromatic carbocycles. The lowest BCUT2D eigenvalue weighted by molar-refractivity contribution is -0.116. The molecule has 1 N–H and O–H groups in total. The quantitative estimate of drug-likeness (QED) is 0.142. The van der Waals surface area contributed by atoms with Crippen LogP contribution in [0, 0.1) is 10.8 Å². The average molecular weight is 621 g/mol. The van der Waals surface area contributed by atoms with Crippen LogP contribution in [0.2, 0.25) is 36.3 Å². The summed E-state index contributed by atoms with van der Waals surface area (Å²) in [4.78, 5) is 13.1. The number of rotatable bonds is 11. The van der Waals surface area contributed by atoms with E-state index in [9.17, 15) is 4.79 Å². The molecular weight excluding hydrogens is 553 g/mol. The van der Waals surface area contributed by atoms with E-state index in [2.05, 4.69) is 93.4 Å². The van der Waals surface area contributed by atoms with Crippen LogP contribution in [-0.2, 0) is 13.6 Å². The highest BCUT2D eigenvalue weighted by atomic mass is 35.5. The van der Waals surface area contributed by atoms with E-state index in [4.69, 9.17) is 37.2 Å². The van der Waals surface area contributed by atoms with E-state index in [1.165, 1.54) is 19.6 Å². The van der Waals surface area contributed by atoms with Crippen molar-refractivity contribution in [2.75, 3.05) is 44.8 Å². The lowest BCUT2D eigenvalue weighted by Gasteiger charge is -2.38. The number of hydrogen-bond acceptors (Lipinski definition) is 5. The fourth-order valence-corrected chi connectivity index (χ4v) is 4.28. The van der Waals surface area contributed by atoms with Crippen LogP contribution >= 0.6 is 23.2 Å². The standard InChI is InChI=1S/C11H26O2Si.C11H24O2Si.C6H15N.CH2Cl2/c2*1-10(2,3)14(6,7)13-9-11(4,5)8-12;1-4-7(5-2)6-3;2-1-3/h12H,8-9H2,1-7H3;8H,9H2,1-7H3;4-6H2,1-3H3;1H2. The Morgan fingerprint density at radius 2 is 1.00 bits per heavy atom. The normalized spacial score (nSPS) is 13.0. The molecule has 0 bridgehead atoms. The third kappa shape index (κ3) is 23.3. The monoisotopic (exact) mass is 619 g/mol. The zero-order chi connectivity index (χ0) is 31.6. The van der Waals surface area contributed by atoms with Gasteiger partial charge in [-0.05, 0) is 55.9 Å². The van der Waals surface area contributed by atoms with Gasteiger partial charge in [0.25, 0.3) is 0 Å². The molecule has 0 radical (unpaired) electrons. The molecular formula is C29H67Cl2NO4Si2. The van der Waals surface area contributed by atoms with E-state index in [1.807, 2.05) is 27.7 Å². The van der Waals surface area contributed by atoms with Gasteiger partial charge in [-0.25, -0.2) is 0 Å². The Kier molecular flexibility index (Phi) is 24.4. The van der Waals surface area contributed by atoms with E-state index < -0.39 is 16.6 Å². The molecule has 5 nitrogen and oxygen atoms in total. The average Bonchev–Trinajstić information content (AvgIpc) is 2.78. The Balaban J connectivity index is -0.000000227. The van der Waals surface area contributed by atoms with Crippen LogP contribution in [-0.4, -0.2) is 77.7 Å². The number of hydrogen-bond donors (Lipinski definition) is 1. The van der Waals surface area contributed by atoms with Gasteiger partial charge in [0.1, 0.15) is 6.29 Å². The van der Waals surface area contributed by atoms with Gasteiger partial charge < -0.3 is 23.7 Å². The molecule has 38 heavy (non-hydrogen) atoms. The molecule has 9 heteroatoms. The van der Waals surface area contributed by atoms with E-state index >= 15 is 0 Å². The number of alkyl halides is 2. The van der Waals surface area contributed by atoms with Gasteiger partial charge in [-0.3, -0.25) is 0 Å². The summed E-state index contributed by atoms with van der Waals surface area (Å²) in [5.41, 5.74) is -0.467. The van der Waals surface area contributed by atoms with Crippen LogP contribution in [0.3, 0.4) is 0 Å². The first-order valence-electron chi connectivity index (χ1n) is 14.0. The topological polar surface area (TPSA) is 59.0 Å². The SMILES string of the molecule is CC(C)(C=O)CO[Si](C)(C)C(C)(C)C.CC(C)(CO)CO[Si](C)(C)C(C)(C)C.CCN(CC)CC.ClCCl. The molecule has 0 saturated carbocycles. The molecule has 0 aliphatic rings. The summed E-state index contributed by atoms with van der Waals surface area (Å²) < 4.78 is 12.0. The summed E-state index contributed by atoms with van der Waals surface area (Å²) in [7, 11) is -3.33. The van der Waals surface area contributed by atoms with Crippen LogP contribution in [0.1, 0.15) is 90.0 Å². The maximum absolute atomic E-state index is 10.7. The highest BCUT2D eigenvalue weighted by Crippen LogP contribution is 2.38. The van der Waals surface area contributed by atoms with Crippen molar-refractivity contribution in [1.29, 1.82) is 0 Å². The first kappa shape index (κ1) is 45.5. The number of carbonyl (C=O) groups excluding carboxylic acids is 1. The molecule has 0 spiro atoms. The fourth-order valence-electron chi connectivity index (χ4n) is 1.93. The first-order valence-corrected chi connectivity index (χ1v) is 20.9. The van der Waals surface area contributed by atoms with Crippen molar-refractivity contribution in [3.8, 4) is 0 Å². The minimum Gasteiger partial charge on any atom is -0.416 e. The van der Waals surface area contributed by atoms with Crippen LogP contribution in [0.5, 0.6) is 0 Å². The van der Waals surface area contributed by atoms with Crippen LogP contribution in [0.4, 0.5) is 0 Å². The molecule has 0 fully saturated rings. The molecule has 0 aromatic rings. The molecule has 234 valence electrons. The molecule has 0 amide bonds. The summed E-state index contributed by atoms with van der Waals surface area (Å²) in [5.74, 6) is 0. The maximum atomic E-state index is 10.7. The summed E-state index contributed by atoms with van der Waals surface area (Å²) in [6.45, 7) is 41.5. The van der Waals surface area contributed by atoms with Gasteiger partial charge in [0.15, 0.2) is 16.6 Å². The molecule has 0 aromatic heterocycles. The number of carbonyl (C=O) groups is 1. The highest BCUT2D eigenvalue weighted by molar-refractivity contribution is 6.74. The van der Waals surface area contributed by atoms with Gasteiger partial charge in [0.05, 0.1) is 11.9 Å². The van der Waals surface area contributed by atoms with Gasteiger partial charge in [-0.2, -0.15) is 0 Å². The predicted molar refractivity (Wildman–Crippen MR) is 177 cm³/mol. The van der Waals surface area contributed by atoms with Crippen molar-refractivity contribution in [2.24, 2.45) is 10.8 Å². The number of aliphatic hydroxyl groups excluding tert-OH is 1.